The number of carbonyl (C=O) groups is 2. The first-order valence-corrected chi connectivity index (χ1v) is 12.9. The van der Waals surface area contributed by atoms with Gasteiger partial charge in [0.2, 0.25) is 10.0 Å². The van der Waals surface area contributed by atoms with Crippen LogP contribution in [-0.4, -0.2) is 56.5 Å². The van der Waals surface area contributed by atoms with Gasteiger partial charge in [-0.3, -0.25) is 9.59 Å². The van der Waals surface area contributed by atoms with Crippen molar-refractivity contribution in [3.8, 4) is 16.9 Å². The van der Waals surface area contributed by atoms with Crippen molar-refractivity contribution in [3.63, 3.8) is 0 Å². The van der Waals surface area contributed by atoms with Crippen LogP contribution in [0.1, 0.15) is 17.9 Å². The normalized spacial score (nSPS) is 18.9. The lowest BCUT2D eigenvalue weighted by Crippen LogP contribution is -2.44. The van der Waals surface area contributed by atoms with Crippen LogP contribution in [0.5, 0.6) is 5.75 Å². The summed E-state index contributed by atoms with van der Waals surface area (Å²) in [6, 6.07) is 20.0. The Morgan fingerprint density at radius 1 is 1.06 bits per heavy atom. The van der Waals surface area contributed by atoms with Crippen LogP contribution in [-0.2, 0) is 19.6 Å². The lowest BCUT2D eigenvalue weighted by molar-refractivity contribution is -0.140. The predicted molar refractivity (Wildman–Crippen MR) is 136 cm³/mol. The number of ether oxygens (including phenoxy) is 1. The van der Waals surface area contributed by atoms with E-state index < -0.39 is 27.4 Å². The molecule has 0 heterocycles. The fourth-order valence-corrected chi connectivity index (χ4v) is 5.45. The van der Waals surface area contributed by atoms with Crippen molar-refractivity contribution in [2.75, 3.05) is 20.7 Å². The number of hydrogen-bond donors (Lipinski definition) is 2. The van der Waals surface area contributed by atoms with E-state index in [-0.39, 0.29) is 23.8 Å². The van der Waals surface area contributed by atoms with Crippen LogP contribution in [0.15, 0.2) is 77.7 Å². The molecule has 8 nitrogen and oxygen atoms in total. The van der Waals surface area contributed by atoms with Gasteiger partial charge < -0.3 is 14.7 Å². The average Bonchev–Trinajstić information content (AvgIpc) is 3.58. The van der Waals surface area contributed by atoms with E-state index >= 15 is 0 Å². The predicted octanol–water partition coefficient (Wildman–Crippen LogP) is 3.76. The summed E-state index contributed by atoms with van der Waals surface area (Å²) in [5.74, 6) is -1.68. The number of carboxylic acid groups (broad SMARTS) is 1. The number of sulfonamides is 1. The van der Waals surface area contributed by atoms with E-state index in [0.717, 1.165) is 11.1 Å². The van der Waals surface area contributed by atoms with E-state index in [1.54, 1.807) is 62.6 Å². The molecule has 36 heavy (non-hydrogen) atoms. The molecule has 0 saturated heterocycles. The van der Waals surface area contributed by atoms with Gasteiger partial charge >= 0.3 is 5.97 Å². The number of halogens is 1. The van der Waals surface area contributed by atoms with Gasteiger partial charge in [0.05, 0.1) is 4.90 Å². The largest absolute Gasteiger partial charge is 0.484 e. The van der Waals surface area contributed by atoms with Gasteiger partial charge in [0.15, 0.2) is 6.61 Å². The maximum Gasteiger partial charge on any atom is 0.325 e. The van der Waals surface area contributed by atoms with Crippen LogP contribution in [0.4, 0.5) is 0 Å². The number of carboxylic acids is 1. The number of nitrogens with one attached hydrogen (secondary N) is 1. The number of aliphatic carboxylic acids is 1. The zero-order valence-corrected chi connectivity index (χ0v) is 21.2. The maximum atomic E-state index is 13.1. The summed E-state index contributed by atoms with van der Waals surface area (Å²) >= 11 is 5.92. The maximum absolute atomic E-state index is 13.1. The summed E-state index contributed by atoms with van der Waals surface area (Å²) in [7, 11) is -0.890. The van der Waals surface area contributed by atoms with Gasteiger partial charge in [-0.05, 0) is 59.5 Å². The van der Waals surface area contributed by atoms with Crippen molar-refractivity contribution in [1.29, 1.82) is 0 Å². The lowest BCUT2D eigenvalue weighted by atomic mass is 10.1. The molecule has 2 unspecified atom stereocenters. The van der Waals surface area contributed by atoms with E-state index in [0.29, 0.717) is 16.3 Å². The highest BCUT2D eigenvalue weighted by Crippen LogP contribution is 2.53. The van der Waals surface area contributed by atoms with Crippen LogP contribution < -0.4 is 9.46 Å². The molecule has 3 aromatic carbocycles. The second kappa shape index (κ2) is 9.93. The van der Waals surface area contributed by atoms with Gasteiger partial charge in [0, 0.05) is 25.0 Å². The molecule has 188 valence electrons. The summed E-state index contributed by atoms with van der Waals surface area (Å²) in [5.41, 5.74) is 0.599. The molecule has 3 aromatic rings. The van der Waals surface area contributed by atoms with Gasteiger partial charge in [0.25, 0.3) is 5.91 Å². The first-order valence-electron chi connectivity index (χ1n) is 11.1. The minimum atomic E-state index is -4.12. The Kier molecular flexibility index (Phi) is 7.08. The molecule has 10 heteroatoms. The molecule has 0 aliphatic heterocycles. The highest BCUT2D eigenvalue weighted by molar-refractivity contribution is 7.89. The summed E-state index contributed by atoms with van der Waals surface area (Å²) < 4.78 is 34.2. The minimum absolute atomic E-state index is 0.0363. The molecular formula is C26H25ClN2O6S. The Bertz CT molecular complexity index is 1390. The Morgan fingerprint density at radius 3 is 2.25 bits per heavy atom. The summed E-state index contributed by atoms with van der Waals surface area (Å²) in [4.78, 5) is 25.3. The number of hydrogen-bond acceptors (Lipinski definition) is 5. The second-order valence-electron chi connectivity index (χ2n) is 8.82. The monoisotopic (exact) mass is 528 g/mol. The van der Waals surface area contributed by atoms with E-state index in [1.807, 2.05) is 12.1 Å². The van der Waals surface area contributed by atoms with Crippen LogP contribution in [0.25, 0.3) is 11.1 Å². The van der Waals surface area contributed by atoms with Gasteiger partial charge in [0.1, 0.15) is 11.3 Å². The number of amides is 1. The van der Waals surface area contributed by atoms with Crippen molar-refractivity contribution in [2.24, 2.45) is 0 Å². The summed E-state index contributed by atoms with van der Waals surface area (Å²) in [6.07, 6.45) is 0.0878. The molecule has 4 rings (SSSR count). The second-order valence-corrected chi connectivity index (χ2v) is 10.9. The van der Waals surface area contributed by atoms with Crippen LogP contribution in [0.2, 0.25) is 5.02 Å². The van der Waals surface area contributed by atoms with E-state index in [4.69, 9.17) is 16.3 Å². The molecule has 0 radical (unpaired) electrons. The van der Waals surface area contributed by atoms with Gasteiger partial charge in [-0.25, -0.2) is 8.42 Å². The molecule has 0 bridgehead atoms. The van der Waals surface area contributed by atoms with E-state index in [9.17, 15) is 23.1 Å². The Morgan fingerprint density at radius 2 is 1.67 bits per heavy atom. The van der Waals surface area contributed by atoms with Crippen molar-refractivity contribution in [1.82, 2.24) is 9.62 Å². The number of benzene rings is 3. The molecule has 1 amide bonds. The number of carbonyl (C=O) groups excluding carboxylic acids is 1. The topological polar surface area (TPSA) is 113 Å². The van der Waals surface area contributed by atoms with Crippen LogP contribution in [0, 0.1) is 0 Å². The smallest absolute Gasteiger partial charge is 0.325 e. The molecule has 1 aliphatic carbocycles. The first kappa shape index (κ1) is 25.7. The number of rotatable bonds is 9. The fraction of sp³-hybridized carbons (Fsp3) is 0.231. The quantitative estimate of drug-likeness (QED) is 0.437. The van der Waals surface area contributed by atoms with Crippen molar-refractivity contribution in [3.05, 3.63) is 83.4 Å². The highest BCUT2D eigenvalue weighted by atomic mass is 35.5. The van der Waals surface area contributed by atoms with Crippen molar-refractivity contribution >= 4 is 33.5 Å². The summed E-state index contributed by atoms with van der Waals surface area (Å²) in [6.45, 7) is -0.163. The third kappa shape index (κ3) is 5.38. The van der Waals surface area contributed by atoms with E-state index in [1.165, 1.54) is 17.0 Å². The van der Waals surface area contributed by atoms with Crippen molar-refractivity contribution in [2.45, 2.75) is 22.8 Å². The third-order valence-electron chi connectivity index (χ3n) is 6.12. The van der Waals surface area contributed by atoms with Crippen LogP contribution in [0.3, 0.4) is 0 Å². The van der Waals surface area contributed by atoms with Gasteiger partial charge in [-0.1, -0.05) is 48.0 Å². The average molecular weight is 529 g/mol. The third-order valence-corrected chi connectivity index (χ3v) is 7.90. The fourth-order valence-electron chi connectivity index (χ4n) is 3.92. The SMILES string of the molecule is CN(C)C(=O)COc1cccc(C2CC2(NS(=O)(=O)c2ccc(-c3ccc(Cl)cc3)cc2)C(=O)O)c1. The molecule has 1 aliphatic rings. The van der Waals surface area contributed by atoms with Gasteiger partial charge in [-0.15, -0.1) is 0 Å². The molecule has 1 fully saturated rings. The number of nitrogens with zero attached hydrogens (tertiary/aromatic N) is 1. The zero-order valence-electron chi connectivity index (χ0n) is 19.6. The highest BCUT2D eigenvalue weighted by Gasteiger charge is 2.63. The molecule has 0 aromatic heterocycles. The van der Waals surface area contributed by atoms with Gasteiger partial charge in [-0.2, -0.15) is 4.72 Å². The molecule has 2 atom stereocenters. The zero-order chi connectivity index (χ0) is 26.1. The lowest BCUT2D eigenvalue weighted by Gasteiger charge is -2.16. The molecular weight excluding hydrogens is 504 g/mol. The molecule has 2 N–H and O–H groups in total. The molecule has 0 spiro atoms. The first-order chi connectivity index (χ1) is 17.0. The van der Waals surface area contributed by atoms with Crippen LogP contribution >= 0.6 is 11.6 Å². The Hall–Kier alpha value is -3.40. The minimum Gasteiger partial charge on any atom is -0.484 e. The Labute approximate surface area is 214 Å². The molecule has 1 saturated carbocycles. The summed E-state index contributed by atoms with van der Waals surface area (Å²) in [5, 5.41) is 10.5. The Balaban J connectivity index is 1.51. The standard InChI is InChI=1S/C26H25ClN2O6S/c1-29(2)24(30)16-35-21-5-3-4-19(14-21)23-15-26(23,25(31)32)28-36(33,34)22-12-8-18(9-13-22)17-6-10-20(27)11-7-17/h3-14,23,28H,15-16H2,1-2H3,(H,31,32). The van der Waals surface area contributed by atoms with Crippen molar-refractivity contribution < 1.29 is 27.9 Å². The van der Waals surface area contributed by atoms with E-state index in [2.05, 4.69) is 4.72 Å². The number of likely N-dealkylation sites (N-methyl/N-ethyl adjacent to an activating group) is 1.